The van der Waals surface area contributed by atoms with Crippen LogP contribution in [0.3, 0.4) is 0 Å². The number of carbonyl (C=O) groups is 3. The van der Waals surface area contributed by atoms with Crippen LogP contribution in [-0.4, -0.2) is 61.3 Å². The highest BCUT2D eigenvalue weighted by Crippen LogP contribution is 2.11. The number of hydrogen-bond acceptors (Lipinski definition) is 4. The van der Waals surface area contributed by atoms with E-state index in [2.05, 4.69) is 20.9 Å². The van der Waals surface area contributed by atoms with Gasteiger partial charge in [-0.3, -0.25) is 14.4 Å². The number of nitrogens with two attached hydrogens (primary N) is 1. The van der Waals surface area contributed by atoms with Gasteiger partial charge in [0.05, 0.1) is 13.1 Å². The summed E-state index contributed by atoms with van der Waals surface area (Å²) in [6, 6.07) is 7.05. The highest BCUT2D eigenvalue weighted by molar-refractivity contribution is 14.0. The van der Waals surface area contributed by atoms with Crippen LogP contribution in [0.4, 0.5) is 0 Å². The molecule has 1 heterocycles. The maximum absolute atomic E-state index is 12.1. The van der Waals surface area contributed by atoms with Crippen molar-refractivity contribution in [3.8, 4) is 0 Å². The van der Waals surface area contributed by atoms with Gasteiger partial charge in [-0.05, 0) is 43.9 Å². The first-order valence-electron chi connectivity index (χ1n) is 10.9. The summed E-state index contributed by atoms with van der Waals surface area (Å²) in [6.07, 6.45) is 4.77. The monoisotopic (exact) mass is 558 g/mol. The summed E-state index contributed by atoms with van der Waals surface area (Å²) >= 11 is 0. The van der Waals surface area contributed by atoms with Crippen molar-refractivity contribution in [1.29, 1.82) is 0 Å². The van der Waals surface area contributed by atoms with Crippen molar-refractivity contribution in [3.05, 3.63) is 35.4 Å². The molecule has 2 rings (SSSR count). The van der Waals surface area contributed by atoms with E-state index in [9.17, 15) is 14.4 Å². The Morgan fingerprint density at radius 3 is 2.53 bits per heavy atom. The molecule has 5 N–H and O–H groups in total. The van der Waals surface area contributed by atoms with Crippen LogP contribution < -0.4 is 21.7 Å². The lowest BCUT2D eigenvalue weighted by molar-refractivity contribution is -0.130. The number of nitrogens with one attached hydrogen (secondary N) is 3. The van der Waals surface area contributed by atoms with Gasteiger partial charge in [-0.2, -0.15) is 0 Å². The number of nitrogens with zero attached hydrogens (tertiary/aromatic N) is 2. The van der Waals surface area contributed by atoms with E-state index in [1.54, 1.807) is 12.1 Å². The molecule has 0 spiro atoms. The SMILES string of the molecule is CCNC(=NCc1ccc(C(=O)NCC(N)=O)cc1)NCCCN1CCCCCC1=O.I. The van der Waals surface area contributed by atoms with Crippen molar-refractivity contribution >= 4 is 47.7 Å². The normalized spacial score (nSPS) is 14.2. The molecule has 178 valence electrons. The number of likely N-dealkylation sites (tertiary alicyclic amines) is 1. The van der Waals surface area contributed by atoms with Crippen molar-refractivity contribution in [3.63, 3.8) is 0 Å². The minimum Gasteiger partial charge on any atom is -0.368 e. The smallest absolute Gasteiger partial charge is 0.251 e. The molecular formula is C22H35IN6O3. The molecule has 1 saturated heterocycles. The standard InChI is InChI=1S/C22H34N6O3.HI/c1-2-24-22(25-12-6-14-28-13-5-3-4-7-20(28)30)27-15-17-8-10-18(11-9-17)21(31)26-16-19(23)29;/h8-11H,2-7,12-16H2,1H3,(H2,23,29)(H,26,31)(H2,24,25,27);1H. The number of aliphatic imine (C=N–C) groups is 1. The summed E-state index contributed by atoms with van der Waals surface area (Å²) in [6.45, 7) is 5.39. The molecular weight excluding hydrogens is 523 g/mol. The van der Waals surface area contributed by atoms with E-state index in [4.69, 9.17) is 5.73 Å². The minimum atomic E-state index is -0.583. The van der Waals surface area contributed by atoms with Gasteiger partial charge in [0.1, 0.15) is 0 Å². The first kappa shape index (κ1) is 27.7. The fraction of sp³-hybridized carbons (Fsp3) is 0.545. The van der Waals surface area contributed by atoms with Gasteiger partial charge >= 0.3 is 0 Å². The zero-order chi connectivity index (χ0) is 22.5. The molecule has 3 amide bonds. The molecule has 1 aromatic carbocycles. The van der Waals surface area contributed by atoms with E-state index < -0.39 is 5.91 Å². The average Bonchev–Trinajstić information content (AvgIpc) is 2.97. The Labute approximate surface area is 207 Å². The van der Waals surface area contributed by atoms with Crippen LogP contribution in [0.15, 0.2) is 29.3 Å². The molecule has 0 unspecified atom stereocenters. The Hall–Kier alpha value is -2.37. The van der Waals surface area contributed by atoms with Crippen LogP contribution in [-0.2, 0) is 16.1 Å². The van der Waals surface area contributed by atoms with Crippen molar-refractivity contribution in [2.24, 2.45) is 10.7 Å². The summed E-state index contributed by atoms with van der Waals surface area (Å²) in [5, 5.41) is 8.99. The molecule has 1 aliphatic heterocycles. The molecule has 0 atom stereocenters. The Morgan fingerprint density at radius 2 is 1.84 bits per heavy atom. The maximum Gasteiger partial charge on any atom is 0.251 e. The lowest BCUT2D eigenvalue weighted by atomic mass is 10.1. The molecule has 0 saturated carbocycles. The number of amides is 3. The second-order valence-corrected chi connectivity index (χ2v) is 7.51. The first-order chi connectivity index (χ1) is 15.0. The van der Waals surface area contributed by atoms with Gasteiger partial charge in [0.25, 0.3) is 5.91 Å². The van der Waals surface area contributed by atoms with Crippen molar-refractivity contribution < 1.29 is 14.4 Å². The summed E-state index contributed by atoms with van der Waals surface area (Å²) in [4.78, 5) is 41.3. The van der Waals surface area contributed by atoms with Crippen LogP contribution in [0.25, 0.3) is 0 Å². The summed E-state index contributed by atoms with van der Waals surface area (Å²) in [5.41, 5.74) is 6.45. The lowest BCUT2D eigenvalue weighted by Gasteiger charge is -2.20. The second-order valence-electron chi connectivity index (χ2n) is 7.51. The highest BCUT2D eigenvalue weighted by atomic mass is 127. The molecule has 9 nitrogen and oxygen atoms in total. The highest BCUT2D eigenvalue weighted by Gasteiger charge is 2.15. The van der Waals surface area contributed by atoms with E-state index in [-0.39, 0.29) is 42.3 Å². The molecule has 32 heavy (non-hydrogen) atoms. The van der Waals surface area contributed by atoms with E-state index in [1.807, 2.05) is 24.0 Å². The number of hydrogen-bond donors (Lipinski definition) is 4. The van der Waals surface area contributed by atoms with E-state index in [1.165, 1.54) is 0 Å². The third-order valence-electron chi connectivity index (χ3n) is 4.97. The van der Waals surface area contributed by atoms with E-state index in [0.717, 1.165) is 57.4 Å². The third-order valence-corrected chi connectivity index (χ3v) is 4.97. The van der Waals surface area contributed by atoms with Crippen LogP contribution >= 0.6 is 24.0 Å². The van der Waals surface area contributed by atoms with Crippen molar-refractivity contribution in [1.82, 2.24) is 20.9 Å². The number of primary amides is 1. The van der Waals surface area contributed by atoms with E-state index >= 15 is 0 Å². The largest absolute Gasteiger partial charge is 0.368 e. The summed E-state index contributed by atoms with van der Waals surface area (Å²) in [5.74, 6) is 0.0605. The fourth-order valence-electron chi connectivity index (χ4n) is 3.29. The van der Waals surface area contributed by atoms with Crippen LogP contribution in [0.5, 0.6) is 0 Å². The third kappa shape index (κ3) is 10.3. The van der Waals surface area contributed by atoms with Gasteiger partial charge in [0.15, 0.2) is 5.96 Å². The van der Waals surface area contributed by atoms with Gasteiger partial charge in [0.2, 0.25) is 11.8 Å². The van der Waals surface area contributed by atoms with Crippen molar-refractivity contribution in [2.75, 3.05) is 32.7 Å². The predicted molar refractivity (Wildman–Crippen MR) is 136 cm³/mol. The van der Waals surface area contributed by atoms with Crippen LogP contribution in [0.1, 0.15) is 54.9 Å². The molecule has 1 fully saturated rings. The zero-order valence-corrected chi connectivity index (χ0v) is 21.0. The number of rotatable bonds is 10. The zero-order valence-electron chi connectivity index (χ0n) is 18.7. The van der Waals surface area contributed by atoms with Gasteiger partial charge in [0, 0.05) is 38.2 Å². The number of benzene rings is 1. The average molecular weight is 558 g/mol. The number of carbonyl (C=O) groups excluding carboxylic acids is 3. The van der Waals surface area contributed by atoms with Gasteiger partial charge in [-0.25, -0.2) is 4.99 Å². The molecule has 0 aromatic heterocycles. The first-order valence-corrected chi connectivity index (χ1v) is 10.9. The summed E-state index contributed by atoms with van der Waals surface area (Å²) in [7, 11) is 0. The number of halogens is 1. The van der Waals surface area contributed by atoms with Gasteiger partial charge in [-0.1, -0.05) is 18.6 Å². The van der Waals surface area contributed by atoms with E-state index in [0.29, 0.717) is 24.5 Å². The summed E-state index contributed by atoms with van der Waals surface area (Å²) < 4.78 is 0. The van der Waals surface area contributed by atoms with Crippen LogP contribution in [0, 0.1) is 0 Å². The number of guanidine groups is 1. The lowest BCUT2D eigenvalue weighted by Crippen LogP contribution is -2.39. The minimum absolute atomic E-state index is 0. The molecule has 10 heteroatoms. The maximum atomic E-state index is 12.1. The Bertz CT molecular complexity index is 769. The molecule has 0 radical (unpaired) electrons. The molecule has 1 aromatic rings. The van der Waals surface area contributed by atoms with Gasteiger partial charge in [-0.15, -0.1) is 24.0 Å². The topological polar surface area (TPSA) is 129 Å². The molecule has 0 aliphatic carbocycles. The molecule has 0 bridgehead atoms. The predicted octanol–water partition coefficient (Wildman–Crippen LogP) is 1.37. The second kappa shape index (κ2) is 15.4. The Kier molecular flexibility index (Phi) is 13.3. The fourth-order valence-corrected chi connectivity index (χ4v) is 3.29. The quantitative estimate of drug-likeness (QED) is 0.149. The Balaban J connectivity index is 0.00000512. The van der Waals surface area contributed by atoms with Crippen molar-refractivity contribution in [2.45, 2.75) is 45.6 Å². The van der Waals surface area contributed by atoms with Gasteiger partial charge < -0.3 is 26.6 Å². The Morgan fingerprint density at radius 1 is 1.09 bits per heavy atom. The molecule has 1 aliphatic rings. The van der Waals surface area contributed by atoms with Crippen LogP contribution in [0.2, 0.25) is 0 Å².